The second-order valence-electron chi connectivity index (χ2n) is 7.16. The van der Waals surface area contributed by atoms with E-state index in [9.17, 15) is 9.59 Å². The Labute approximate surface area is 185 Å². The van der Waals surface area contributed by atoms with E-state index in [4.69, 9.17) is 4.74 Å². The minimum absolute atomic E-state index is 0.194. The average molecular weight is 423 g/mol. The molecular formula is C26H21N3O3. The van der Waals surface area contributed by atoms with Crippen molar-refractivity contribution >= 4 is 17.2 Å². The predicted molar refractivity (Wildman–Crippen MR) is 124 cm³/mol. The molecule has 1 atom stereocenters. The fourth-order valence-electron chi connectivity index (χ4n) is 3.57. The van der Waals surface area contributed by atoms with Crippen LogP contribution < -0.4 is 15.6 Å². The van der Waals surface area contributed by atoms with Crippen molar-refractivity contribution in [1.29, 1.82) is 0 Å². The van der Waals surface area contributed by atoms with Crippen LogP contribution in [0, 0.1) is 11.8 Å². The lowest BCUT2D eigenvalue weighted by Crippen LogP contribution is -2.28. The Morgan fingerprint density at radius 2 is 1.88 bits per heavy atom. The van der Waals surface area contributed by atoms with Gasteiger partial charge in [-0.1, -0.05) is 42.2 Å². The molecular weight excluding hydrogens is 402 g/mol. The first-order valence-corrected chi connectivity index (χ1v) is 10.1. The number of rotatable bonds is 5. The quantitative estimate of drug-likeness (QED) is 0.393. The van der Waals surface area contributed by atoms with E-state index in [-0.39, 0.29) is 11.6 Å². The summed E-state index contributed by atoms with van der Waals surface area (Å²) in [6.07, 6.45) is 2.27. The van der Waals surface area contributed by atoms with Crippen LogP contribution in [0.4, 0.5) is 0 Å². The molecule has 4 rings (SSSR count). The standard InChI is InChI=1S/C26H21N3O3/c1-18(28-17-30)23-16-21-8-6-7-20(12-11-19-13-14-27-24(15-19)32-2)25(21)26(31)29(23)22-9-4-3-5-10-22/h3-10,13-18H,1-2H3,(H,28,30). The van der Waals surface area contributed by atoms with E-state index in [0.29, 0.717) is 28.9 Å². The Kier molecular flexibility index (Phi) is 6.00. The van der Waals surface area contributed by atoms with Crippen LogP contribution in [-0.2, 0) is 4.79 Å². The fourth-order valence-corrected chi connectivity index (χ4v) is 3.57. The third-order valence-corrected chi connectivity index (χ3v) is 5.14. The van der Waals surface area contributed by atoms with Crippen LogP contribution >= 0.6 is 0 Å². The van der Waals surface area contributed by atoms with Gasteiger partial charge in [-0.3, -0.25) is 14.2 Å². The minimum atomic E-state index is -0.358. The van der Waals surface area contributed by atoms with Gasteiger partial charge in [0.05, 0.1) is 18.5 Å². The molecule has 2 aromatic heterocycles. The van der Waals surface area contributed by atoms with Crippen LogP contribution in [0.3, 0.4) is 0 Å². The van der Waals surface area contributed by atoms with Crippen LogP contribution in [-0.4, -0.2) is 23.1 Å². The number of nitrogens with zero attached hydrogens (tertiary/aromatic N) is 2. The van der Waals surface area contributed by atoms with Gasteiger partial charge in [-0.2, -0.15) is 0 Å². The number of para-hydroxylation sites is 1. The Hall–Kier alpha value is -4.37. The Balaban J connectivity index is 1.95. The molecule has 0 radical (unpaired) electrons. The maximum Gasteiger partial charge on any atom is 0.264 e. The number of carbonyl (C=O) groups is 1. The number of methoxy groups -OCH3 is 1. The van der Waals surface area contributed by atoms with Gasteiger partial charge in [0.15, 0.2) is 0 Å². The van der Waals surface area contributed by atoms with Crippen molar-refractivity contribution in [2.24, 2.45) is 0 Å². The molecule has 4 aromatic rings. The molecule has 0 spiro atoms. The second kappa shape index (κ2) is 9.19. The molecule has 2 aromatic carbocycles. The van der Waals surface area contributed by atoms with Gasteiger partial charge >= 0.3 is 0 Å². The van der Waals surface area contributed by atoms with E-state index >= 15 is 0 Å². The summed E-state index contributed by atoms with van der Waals surface area (Å²) in [4.78, 5) is 28.9. The molecule has 6 nitrogen and oxygen atoms in total. The van der Waals surface area contributed by atoms with Gasteiger partial charge in [0.25, 0.3) is 5.56 Å². The topological polar surface area (TPSA) is 73.2 Å². The first-order valence-electron chi connectivity index (χ1n) is 10.1. The highest BCUT2D eigenvalue weighted by molar-refractivity contribution is 5.88. The van der Waals surface area contributed by atoms with Gasteiger partial charge < -0.3 is 10.1 Å². The van der Waals surface area contributed by atoms with Crippen molar-refractivity contribution in [3.63, 3.8) is 0 Å². The number of nitrogens with one attached hydrogen (secondary N) is 1. The molecule has 0 saturated heterocycles. The zero-order valence-electron chi connectivity index (χ0n) is 17.7. The minimum Gasteiger partial charge on any atom is -0.481 e. The highest BCUT2D eigenvalue weighted by atomic mass is 16.5. The second-order valence-corrected chi connectivity index (χ2v) is 7.16. The molecule has 1 unspecified atom stereocenters. The summed E-state index contributed by atoms with van der Waals surface area (Å²) in [5.41, 5.74) is 2.56. The van der Waals surface area contributed by atoms with E-state index in [1.165, 1.54) is 0 Å². The number of ether oxygens (including phenoxy) is 1. The number of fused-ring (bicyclic) bond motifs is 1. The number of hydrogen-bond donors (Lipinski definition) is 1. The van der Waals surface area contributed by atoms with Gasteiger partial charge in [-0.15, -0.1) is 0 Å². The van der Waals surface area contributed by atoms with Crippen LogP contribution in [0.5, 0.6) is 5.88 Å². The Bertz CT molecular complexity index is 1400. The molecule has 0 aliphatic heterocycles. The Morgan fingerprint density at radius 3 is 2.62 bits per heavy atom. The lowest BCUT2D eigenvalue weighted by molar-refractivity contribution is -0.110. The monoisotopic (exact) mass is 423 g/mol. The van der Waals surface area contributed by atoms with Crippen LogP contribution in [0.15, 0.2) is 77.7 Å². The predicted octanol–water partition coefficient (Wildman–Crippen LogP) is 3.60. The van der Waals surface area contributed by atoms with Crippen molar-refractivity contribution in [2.45, 2.75) is 13.0 Å². The number of benzene rings is 2. The normalized spacial score (nSPS) is 11.3. The number of carbonyl (C=O) groups excluding carboxylic acids is 1. The van der Waals surface area contributed by atoms with Gasteiger partial charge in [0.2, 0.25) is 12.3 Å². The highest BCUT2D eigenvalue weighted by Crippen LogP contribution is 2.23. The third kappa shape index (κ3) is 4.09. The molecule has 1 amide bonds. The lowest BCUT2D eigenvalue weighted by Gasteiger charge is -2.19. The van der Waals surface area contributed by atoms with Crippen molar-refractivity contribution in [3.8, 4) is 23.4 Å². The molecule has 32 heavy (non-hydrogen) atoms. The molecule has 0 saturated carbocycles. The zero-order chi connectivity index (χ0) is 22.5. The van der Waals surface area contributed by atoms with Crippen LogP contribution in [0.25, 0.3) is 16.5 Å². The van der Waals surface area contributed by atoms with Gasteiger partial charge in [0, 0.05) is 34.8 Å². The van der Waals surface area contributed by atoms with Gasteiger partial charge in [0.1, 0.15) is 0 Å². The SMILES string of the molecule is COc1cc(C#Cc2cccc3cc(C(C)NC=O)n(-c4ccccc4)c(=O)c23)ccn1. The first kappa shape index (κ1) is 20.9. The van der Waals surface area contributed by atoms with E-state index in [2.05, 4.69) is 22.1 Å². The molecule has 2 heterocycles. The smallest absolute Gasteiger partial charge is 0.264 e. The molecule has 6 heteroatoms. The molecule has 1 N–H and O–H groups in total. The van der Waals surface area contributed by atoms with E-state index in [1.807, 2.05) is 61.5 Å². The molecule has 0 bridgehead atoms. The summed E-state index contributed by atoms with van der Waals surface area (Å²) in [5, 5.41) is 4.03. The Morgan fingerprint density at radius 1 is 1.06 bits per heavy atom. The highest BCUT2D eigenvalue weighted by Gasteiger charge is 2.17. The average Bonchev–Trinajstić information content (AvgIpc) is 2.83. The van der Waals surface area contributed by atoms with Crippen molar-refractivity contribution in [1.82, 2.24) is 14.9 Å². The summed E-state index contributed by atoms with van der Waals surface area (Å²) < 4.78 is 6.78. The zero-order valence-corrected chi connectivity index (χ0v) is 17.7. The fraction of sp³-hybridized carbons (Fsp3) is 0.115. The first-order chi connectivity index (χ1) is 15.6. The maximum atomic E-state index is 13.7. The van der Waals surface area contributed by atoms with Crippen molar-refractivity contribution in [3.05, 3.63) is 100 Å². The number of pyridine rings is 2. The van der Waals surface area contributed by atoms with Gasteiger partial charge in [-0.25, -0.2) is 4.98 Å². The van der Waals surface area contributed by atoms with Gasteiger partial charge in [-0.05, 0) is 42.6 Å². The third-order valence-electron chi connectivity index (χ3n) is 5.14. The van der Waals surface area contributed by atoms with E-state index in [1.54, 1.807) is 30.0 Å². The molecule has 0 aliphatic carbocycles. The number of aromatic nitrogens is 2. The molecule has 0 aliphatic rings. The number of amides is 1. The van der Waals surface area contributed by atoms with Crippen LogP contribution in [0.2, 0.25) is 0 Å². The summed E-state index contributed by atoms with van der Waals surface area (Å²) >= 11 is 0. The summed E-state index contributed by atoms with van der Waals surface area (Å²) in [6.45, 7) is 1.84. The van der Waals surface area contributed by atoms with Crippen molar-refractivity contribution < 1.29 is 9.53 Å². The van der Waals surface area contributed by atoms with E-state index < -0.39 is 0 Å². The summed E-state index contributed by atoms with van der Waals surface area (Å²) in [5.74, 6) is 6.70. The largest absolute Gasteiger partial charge is 0.481 e. The van der Waals surface area contributed by atoms with E-state index in [0.717, 1.165) is 16.6 Å². The van der Waals surface area contributed by atoms with Crippen LogP contribution in [0.1, 0.15) is 29.8 Å². The maximum absolute atomic E-state index is 13.7. The summed E-state index contributed by atoms with van der Waals surface area (Å²) in [7, 11) is 1.55. The lowest BCUT2D eigenvalue weighted by atomic mass is 10.0. The molecule has 158 valence electrons. The summed E-state index contributed by atoms with van der Waals surface area (Å²) in [6, 6.07) is 20.0. The number of hydrogen-bond acceptors (Lipinski definition) is 4. The molecule has 0 fully saturated rings. The van der Waals surface area contributed by atoms with Crippen molar-refractivity contribution in [2.75, 3.05) is 7.11 Å².